The van der Waals surface area contributed by atoms with E-state index in [9.17, 15) is 10.2 Å². The lowest BCUT2D eigenvalue weighted by Crippen LogP contribution is -2.63. The van der Waals surface area contributed by atoms with Gasteiger partial charge >= 0.3 is 0 Å². The van der Waals surface area contributed by atoms with Gasteiger partial charge in [-0.1, -0.05) is 0 Å². The van der Waals surface area contributed by atoms with Crippen LogP contribution in [0.15, 0.2) is 0 Å². The van der Waals surface area contributed by atoms with Crippen LogP contribution in [0, 0.1) is 0 Å². The van der Waals surface area contributed by atoms with Gasteiger partial charge in [0.2, 0.25) is 0 Å². The Labute approximate surface area is 81.4 Å². The van der Waals surface area contributed by atoms with E-state index in [-0.39, 0.29) is 5.54 Å². The SMILES string of the molecule is CC(C)(C)N(C(C)(C)O)C(C)(C)O. The molecule has 0 heterocycles. The Hall–Kier alpha value is -0.120. The monoisotopic (exact) mass is 189 g/mol. The van der Waals surface area contributed by atoms with Gasteiger partial charge in [-0.15, -0.1) is 0 Å². The van der Waals surface area contributed by atoms with E-state index in [1.807, 2.05) is 20.8 Å². The number of rotatable bonds is 2. The van der Waals surface area contributed by atoms with Gasteiger partial charge in [0.1, 0.15) is 11.4 Å². The molecule has 0 aromatic rings. The van der Waals surface area contributed by atoms with Gasteiger partial charge in [-0.3, -0.25) is 0 Å². The molecule has 0 unspecified atom stereocenters. The Morgan fingerprint density at radius 3 is 0.923 bits per heavy atom. The summed E-state index contributed by atoms with van der Waals surface area (Å²) in [6.07, 6.45) is 0. The maximum Gasteiger partial charge on any atom is 0.115 e. The van der Waals surface area contributed by atoms with Crippen molar-refractivity contribution >= 4 is 0 Å². The molecular formula is C10H23NO2. The summed E-state index contributed by atoms with van der Waals surface area (Å²) in [6, 6.07) is 0. The average molecular weight is 189 g/mol. The number of hydrogen-bond acceptors (Lipinski definition) is 3. The van der Waals surface area contributed by atoms with Crippen molar-refractivity contribution in [2.24, 2.45) is 0 Å². The molecule has 2 N–H and O–H groups in total. The largest absolute Gasteiger partial charge is 0.376 e. The van der Waals surface area contributed by atoms with E-state index in [1.165, 1.54) is 0 Å². The fraction of sp³-hybridized carbons (Fsp3) is 1.00. The van der Waals surface area contributed by atoms with Crippen LogP contribution in [0.2, 0.25) is 0 Å². The fourth-order valence-corrected chi connectivity index (χ4v) is 2.31. The molecule has 3 heteroatoms. The van der Waals surface area contributed by atoms with Crippen LogP contribution in [-0.4, -0.2) is 32.1 Å². The number of hydrogen-bond donors (Lipinski definition) is 2. The number of aliphatic hydroxyl groups is 2. The maximum atomic E-state index is 9.91. The predicted octanol–water partition coefficient (Wildman–Crippen LogP) is 1.54. The first-order chi connectivity index (χ1) is 5.37. The number of nitrogens with zero attached hydrogens (tertiary/aromatic N) is 1. The van der Waals surface area contributed by atoms with E-state index in [0.717, 1.165) is 0 Å². The summed E-state index contributed by atoms with van der Waals surface area (Å²) in [5, 5.41) is 19.8. The highest BCUT2D eigenvalue weighted by Crippen LogP contribution is 2.30. The van der Waals surface area contributed by atoms with Crippen LogP contribution < -0.4 is 0 Å². The van der Waals surface area contributed by atoms with Gasteiger partial charge in [-0.25, -0.2) is 4.90 Å². The van der Waals surface area contributed by atoms with Gasteiger partial charge in [0.25, 0.3) is 0 Å². The molecule has 0 aliphatic heterocycles. The molecule has 0 aliphatic carbocycles. The lowest BCUT2D eigenvalue weighted by atomic mass is 9.98. The minimum absolute atomic E-state index is 0.281. The Morgan fingerprint density at radius 1 is 0.692 bits per heavy atom. The summed E-state index contributed by atoms with van der Waals surface area (Å²) < 4.78 is 0. The third-order valence-electron chi connectivity index (χ3n) is 1.77. The highest BCUT2D eigenvalue weighted by atomic mass is 16.3. The normalized spacial score (nSPS) is 15.2. The third-order valence-corrected chi connectivity index (χ3v) is 1.77. The van der Waals surface area contributed by atoms with Crippen molar-refractivity contribution in [1.29, 1.82) is 0 Å². The van der Waals surface area contributed by atoms with Crippen molar-refractivity contribution < 1.29 is 10.2 Å². The zero-order valence-corrected chi connectivity index (χ0v) is 9.84. The van der Waals surface area contributed by atoms with Crippen molar-refractivity contribution in [2.75, 3.05) is 0 Å². The van der Waals surface area contributed by atoms with E-state index >= 15 is 0 Å². The topological polar surface area (TPSA) is 43.7 Å². The summed E-state index contributed by atoms with van der Waals surface area (Å²) in [6.45, 7) is 12.6. The van der Waals surface area contributed by atoms with Gasteiger partial charge in [-0.2, -0.15) is 0 Å². The van der Waals surface area contributed by atoms with Crippen molar-refractivity contribution in [3.05, 3.63) is 0 Å². The second-order valence-corrected chi connectivity index (χ2v) is 5.50. The molecular weight excluding hydrogens is 166 g/mol. The van der Waals surface area contributed by atoms with E-state index in [0.29, 0.717) is 0 Å². The minimum atomic E-state index is -1.03. The van der Waals surface area contributed by atoms with Crippen LogP contribution in [0.3, 0.4) is 0 Å². The smallest absolute Gasteiger partial charge is 0.115 e. The zero-order valence-electron chi connectivity index (χ0n) is 9.84. The molecule has 0 aliphatic rings. The zero-order chi connectivity index (χ0) is 11.1. The molecule has 0 radical (unpaired) electrons. The molecule has 0 amide bonds. The van der Waals surface area contributed by atoms with Crippen molar-refractivity contribution in [1.82, 2.24) is 4.90 Å². The molecule has 0 saturated heterocycles. The molecule has 0 bridgehead atoms. The van der Waals surface area contributed by atoms with Gasteiger partial charge in [0.15, 0.2) is 0 Å². The summed E-state index contributed by atoms with van der Waals surface area (Å²) >= 11 is 0. The summed E-state index contributed by atoms with van der Waals surface area (Å²) in [7, 11) is 0. The van der Waals surface area contributed by atoms with E-state index < -0.39 is 11.4 Å². The van der Waals surface area contributed by atoms with Crippen LogP contribution in [0.1, 0.15) is 48.5 Å². The van der Waals surface area contributed by atoms with Gasteiger partial charge in [0, 0.05) is 5.54 Å². The van der Waals surface area contributed by atoms with Gasteiger partial charge < -0.3 is 10.2 Å². The minimum Gasteiger partial charge on any atom is -0.376 e. The molecule has 80 valence electrons. The highest BCUT2D eigenvalue weighted by Gasteiger charge is 2.42. The standard InChI is InChI=1S/C10H23NO2/c1-8(2,3)11(9(4,5)12)10(6,7)13/h12-13H,1-7H3. The fourth-order valence-electron chi connectivity index (χ4n) is 2.31. The highest BCUT2D eigenvalue weighted by molar-refractivity contribution is 4.88. The molecule has 0 atom stereocenters. The molecule has 0 fully saturated rings. The second kappa shape index (κ2) is 3.23. The van der Waals surface area contributed by atoms with Gasteiger partial charge in [-0.05, 0) is 48.5 Å². The summed E-state index contributed by atoms with van der Waals surface area (Å²) in [5.74, 6) is 0. The predicted molar refractivity (Wildman–Crippen MR) is 54.2 cm³/mol. The molecule has 0 aromatic heterocycles. The van der Waals surface area contributed by atoms with Crippen molar-refractivity contribution in [2.45, 2.75) is 65.5 Å². The Kier molecular flexibility index (Phi) is 3.20. The Balaban J connectivity index is 5.02. The molecule has 0 spiro atoms. The van der Waals surface area contributed by atoms with E-state index in [2.05, 4.69) is 0 Å². The molecule has 0 saturated carbocycles. The molecule has 3 nitrogen and oxygen atoms in total. The van der Waals surface area contributed by atoms with Crippen molar-refractivity contribution in [3.8, 4) is 0 Å². The third kappa shape index (κ3) is 3.63. The molecule has 0 rings (SSSR count). The van der Waals surface area contributed by atoms with Crippen LogP contribution in [-0.2, 0) is 0 Å². The van der Waals surface area contributed by atoms with Gasteiger partial charge in [0.05, 0.1) is 0 Å². The van der Waals surface area contributed by atoms with Crippen molar-refractivity contribution in [3.63, 3.8) is 0 Å². The van der Waals surface area contributed by atoms with E-state index in [4.69, 9.17) is 0 Å². The van der Waals surface area contributed by atoms with Crippen LogP contribution >= 0.6 is 0 Å². The Bertz CT molecular complexity index is 136. The lowest BCUT2D eigenvalue weighted by molar-refractivity contribution is -0.235. The summed E-state index contributed by atoms with van der Waals surface area (Å²) in [4.78, 5) is 1.67. The molecule has 13 heavy (non-hydrogen) atoms. The van der Waals surface area contributed by atoms with Crippen LogP contribution in [0.25, 0.3) is 0 Å². The lowest BCUT2D eigenvalue weighted by Gasteiger charge is -2.50. The van der Waals surface area contributed by atoms with Crippen LogP contribution in [0.5, 0.6) is 0 Å². The maximum absolute atomic E-state index is 9.91. The first-order valence-corrected chi connectivity index (χ1v) is 4.62. The Morgan fingerprint density at radius 2 is 0.923 bits per heavy atom. The average Bonchev–Trinajstić information content (AvgIpc) is 1.44. The van der Waals surface area contributed by atoms with Crippen LogP contribution in [0.4, 0.5) is 0 Å². The first-order valence-electron chi connectivity index (χ1n) is 4.62. The molecule has 0 aromatic carbocycles. The second-order valence-electron chi connectivity index (χ2n) is 5.50. The summed E-state index contributed by atoms with van der Waals surface area (Å²) in [5.41, 5.74) is -2.34. The van der Waals surface area contributed by atoms with E-state index in [1.54, 1.807) is 32.6 Å². The first kappa shape index (κ1) is 12.9. The quantitative estimate of drug-likeness (QED) is 0.648.